The van der Waals surface area contributed by atoms with Gasteiger partial charge in [-0.15, -0.1) is 0 Å². The molecule has 2 rings (SSSR count). The predicted octanol–water partition coefficient (Wildman–Crippen LogP) is 2.40. The first-order chi connectivity index (χ1) is 9.91. The Labute approximate surface area is 126 Å². The number of hydrogen-bond donors (Lipinski definition) is 1. The zero-order valence-electron chi connectivity index (χ0n) is 13.3. The highest BCUT2D eigenvalue weighted by atomic mass is 16.2. The molecule has 1 aromatic carbocycles. The summed E-state index contributed by atoms with van der Waals surface area (Å²) in [5.74, 6) is -0.0351. The molecule has 1 aliphatic heterocycles. The second-order valence-corrected chi connectivity index (χ2v) is 6.02. The van der Waals surface area contributed by atoms with Gasteiger partial charge in [0.2, 0.25) is 11.8 Å². The Morgan fingerprint density at radius 1 is 1.29 bits per heavy atom. The average Bonchev–Trinajstić information content (AvgIpc) is 2.45. The molecule has 21 heavy (non-hydrogen) atoms. The summed E-state index contributed by atoms with van der Waals surface area (Å²) >= 11 is 0. The molecule has 1 heterocycles. The number of carbonyl (C=O) groups excluding carboxylic acids is 2. The molecule has 4 heteroatoms. The highest BCUT2D eigenvalue weighted by molar-refractivity contribution is 5.99. The van der Waals surface area contributed by atoms with Crippen molar-refractivity contribution in [3.05, 3.63) is 35.4 Å². The third kappa shape index (κ3) is 2.94. The van der Waals surface area contributed by atoms with Crippen molar-refractivity contribution in [1.29, 1.82) is 0 Å². The van der Waals surface area contributed by atoms with Crippen LogP contribution in [0.2, 0.25) is 0 Å². The van der Waals surface area contributed by atoms with E-state index in [4.69, 9.17) is 0 Å². The van der Waals surface area contributed by atoms with Gasteiger partial charge in [-0.25, -0.2) is 0 Å². The summed E-state index contributed by atoms with van der Waals surface area (Å²) in [5.41, 5.74) is 1.44. The van der Waals surface area contributed by atoms with Crippen molar-refractivity contribution < 1.29 is 9.59 Å². The molecule has 0 radical (unpaired) electrons. The molecule has 0 spiro atoms. The third-order valence-corrected chi connectivity index (χ3v) is 4.34. The molecule has 0 aliphatic carbocycles. The maximum atomic E-state index is 12.8. The van der Waals surface area contributed by atoms with Gasteiger partial charge in [-0.3, -0.25) is 9.59 Å². The van der Waals surface area contributed by atoms with Gasteiger partial charge in [-0.2, -0.15) is 0 Å². The molecular weight excluding hydrogens is 264 g/mol. The largest absolute Gasteiger partial charge is 0.340 e. The lowest BCUT2D eigenvalue weighted by Gasteiger charge is -2.44. The van der Waals surface area contributed by atoms with Crippen molar-refractivity contribution in [2.45, 2.75) is 58.7 Å². The molecule has 1 aromatic rings. The maximum Gasteiger partial charge on any atom is 0.249 e. The zero-order valence-corrected chi connectivity index (χ0v) is 13.3. The maximum absolute atomic E-state index is 12.8. The number of piperazine rings is 1. The highest BCUT2D eigenvalue weighted by Crippen LogP contribution is 2.25. The monoisotopic (exact) mass is 288 g/mol. The van der Waals surface area contributed by atoms with Crippen LogP contribution in [0.25, 0.3) is 0 Å². The molecule has 1 fully saturated rings. The molecule has 1 N–H and O–H groups in total. The second-order valence-electron chi connectivity index (χ2n) is 6.02. The number of nitrogens with one attached hydrogen (secondary N) is 1. The molecule has 0 bridgehead atoms. The summed E-state index contributed by atoms with van der Waals surface area (Å²) in [7, 11) is 0. The van der Waals surface area contributed by atoms with E-state index < -0.39 is 5.54 Å². The molecule has 2 amide bonds. The summed E-state index contributed by atoms with van der Waals surface area (Å²) in [4.78, 5) is 26.8. The fourth-order valence-corrected chi connectivity index (χ4v) is 2.84. The van der Waals surface area contributed by atoms with E-state index in [1.165, 1.54) is 0 Å². The number of nitrogens with zero attached hydrogens (tertiary/aromatic N) is 1. The molecule has 0 saturated carbocycles. The van der Waals surface area contributed by atoms with Crippen LogP contribution in [0, 0.1) is 6.92 Å². The standard InChI is InChI=1S/C17H24N2O2/c1-5-14-15(20)18-17(4,6-2)16(21)19(14)11-13-9-7-8-12(3)10-13/h7-10,14H,5-6,11H2,1-4H3,(H,18,20). The zero-order chi connectivity index (χ0) is 15.6. The first kappa shape index (κ1) is 15.5. The van der Waals surface area contributed by atoms with Crippen molar-refractivity contribution in [3.8, 4) is 0 Å². The van der Waals surface area contributed by atoms with Gasteiger partial charge >= 0.3 is 0 Å². The van der Waals surface area contributed by atoms with Crippen molar-refractivity contribution in [3.63, 3.8) is 0 Å². The molecule has 4 nitrogen and oxygen atoms in total. The fourth-order valence-electron chi connectivity index (χ4n) is 2.84. The van der Waals surface area contributed by atoms with Crippen molar-refractivity contribution in [1.82, 2.24) is 10.2 Å². The van der Waals surface area contributed by atoms with Crippen molar-refractivity contribution >= 4 is 11.8 Å². The molecule has 0 aromatic heterocycles. The van der Waals surface area contributed by atoms with E-state index >= 15 is 0 Å². The van der Waals surface area contributed by atoms with Crippen LogP contribution in [0.4, 0.5) is 0 Å². The number of carbonyl (C=O) groups is 2. The quantitative estimate of drug-likeness (QED) is 0.925. The lowest BCUT2D eigenvalue weighted by molar-refractivity contribution is -0.155. The van der Waals surface area contributed by atoms with Crippen LogP contribution in [-0.4, -0.2) is 28.3 Å². The lowest BCUT2D eigenvalue weighted by Crippen LogP contribution is -2.68. The Kier molecular flexibility index (Phi) is 4.35. The Bertz CT molecular complexity index is 555. The predicted molar refractivity (Wildman–Crippen MR) is 82.6 cm³/mol. The summed E-state index contributed by atoms with van der Waals surface area (Å²) in [5, 5.41) is 2.89. The van der Waals surface area contributed by atoms with Gasteiger partial charge in [0, 0.05) is 6.54 Å². The minimum atomic E-state index is -0.785. The smallest absolute Gasteiger partial charge is 0.249 e. The molecule has 2 atom stereocenters. The van der Waals surface area contributed by atoms with Gasteiger partial charge in [0.1, 0.15) is 11.6 Å². The minimum absolute atomic E-state index is 0.0120. The first-order valence-electron chi connectivity index (χ1n) is 7.60. The highest BCUT2D eigenvalue weighted by Gasteiger charge is 2.46. The lowest BCUT2D eigenvalue weighted by atomic mass is 9.90. The number of rotatable bonds is 4. The second kappa shape index (κ2) is 5.88. The molecule has 1 aliphatic rings. The summed E-state index contributed by atoms with van der Waals surface area (Å²) in [6.07, 6.45) is 1.22. The van der Waals surface area contributed by atoms with E-state index in [1.54, 1.807) is 4.90 Å². The van der Waals surface area contributed by atoms with Crippen LogP contribution in [0.5, 0.6) is 0 Å². The normalized spacial score (nSPS) is 25.9. The van der Waals surface area contributed by atoms with Gasteiger partial charge in [-0.05, 0) is 32.3 Å². The van der Waals surface area contributed by atoms with E-state index in [-0.39, 0.29) is 17.9 Å². The van der Waals surface area contributed by atoms with Crippen LogP contribution in [-0.2, 0) is 16.1 Å². The van der Waals surface area contributed by atoms with Gasteiger partial charge in [0.25, 0.3) is 0 Å². The Morgan fingerprint density at radius 2 is 2.00 bits per heavy atom. The van der Waals surface area contributed by atoms with Gasteiger partial charge in [0.15, 0.2) is 0 Å². The fraction of sp³-hybridized carbons (Fsp3) is 0.529. The first-order valence-corrected chi connectivity index (χ1v) is 7.60. The number of benzene rings is 1. The molecule has 114 valence electrons. The van der Waals surface area contributed by atoms with Crippen LogP contribution in [0.15, 0.2) is 24.3 Å². The van der Waals surface area contributed by atoms with E-state index in [1.807, 2.05) is 45.9 Å². The summed E-state index contributed by atoms with van der Waals surface area (Å²) in [6.45, 7) is 8.19. The Morgan fingerprint density at radius 3 is 2.57 bits per heavy atom. The Hall–Kier alpha value is -1.84. The topological polar surface area (TPSA) is 49.4 Å². The average molecular weight is 288 g/mol. The third-order valence-electron chi connectivity index (χ3n) is 4.34. The van der Waals surface area contributed by atoms with Crippen LogP contribution in [0.1, 0.15) is 44.7 Å². The summed E-state index contributed by atoms with van der Waals surface area (Å²) < 4.78 is 0. The molecular formula is C17H24N2O2. The number of amides is 2. The van der Waals surface area contributed by atoms with Crippen LogP contribution >= 0.6 is 0 Å². The van der Waals surface area contributed by atoms with E-state index in [0.717, 1.165) is 11.1 Å². The SMILES string of the molecule is CCC1C(=O)NC(C)(CC)C(=O)N1Cc1cccc(C)c1. The van der Waals surface area contributed by atoms with Crippen molar-refractivity contribution in [2.24, 2.45) is 0 Å². The van der Waals surface area contributed by atoms with Crippen LogP contribution in [0.3, 0.4) is 0 Å². The van der Waals surface area contributed by atoms with E-state index in [9.17, 15) is 9.59 Å². The van der Waals surface area contributed by atoms with Gasteiger partial charge in [-0.1, -0.05) is 43.7 Å². The van der Waals surface area contributed by atoms with Gasteiger partial charge < -0.3 is 10.2 Å². The number of aryl methyl sites for hydroxylation is 1. The molecule has 1 saturated heterocycles. The molecule has 2 unspecified atom stereocenters. The van der Waals surface area contributed by atoms with E-state index in [0.29, 0.717) is 19.4 Å². The van der Waals surface area contributed by atoms with Gasteiger partial charge in [0.05, 0.1) is 0 Å². The van der Waals surface area contributed by atoms with Crippen molar-refractivity contribution in [2.75, 3.05) is 0 Å². The minimum Gasteiger partial charge on any atom is -0.340 e. The summed E-state index contributed by atoms with van der Waals surface area (Å²) in [6, 6.07) is 7.71. The van der Waals surface area contributed by atoms with E-state index in [2.05, 4.69) is 11.4 Å². The number of hydrogen-bond acceptors (Lipinski definition) is 2. The van der Waals surface area contributed by atoms with Crippen LogP contribution < -0.4 is 5.32 Å². The Balaban J connectivity index is 2.32.